The van der Waals surface area contributed by atoms with Crippen molar-refractivity contribution in [2.45, 2.75) is 32.2 Å². The molecular weight excluding hydrogens is 376 g/mol. The van der Waals surface area contributed by atoms with Gasteiger partial charge in [-0.3, -0.25) is 9.59 Å². The summed E-state index contributed by atoms with van der Waals surface area (Å²) in [5.74, 6) is 4.43. The smallest absolute Gasteiger partial charge is 0.279 e. The van der Waals surface area contributed by atoms with E-state index in [-0.39, 0.29) is 39.8 Å². The normalized spacial score (nSPS) is 15.1. The second-order valence-corrected chi connectivity index (χ2v) is 7.50. The third-order valence-corrected chi connectivity index (χ3v) is 5.78. The summed E-state index contributed by atoms with van der Waals surface area (Å²) in [7, 11) is 0. The molecule has 1 saturated carbocycles. The minimum Gasteiger partial charge on any atom is -0.345 e. The summed E-state index contributed by atoms with van der Waals surface area (Å²) in [5, 5.41) is 2.96. The van der Waals surface area contributed by atoms with Crippen LogP contribution in [0, 0.1) is 24.5 Å². The average Bonchev–Trinajstić information content (AvgIpc) is 2.64. The molecule has 1 unspecified atom stereocenters. The van der Waals surface area contributed by atoms with Crippen molar-refractivity contribution in [3.63, 3.8) is 0 Å². The zero-order valence-corrected chi connectivity index (χ0v) is 15.9. The molecule has 1 amide bonds. The highest BCUT2D eigenvalue weighted by Crippen LogP contribution is 2.38. The van der Waals surface area contributed by atoms with E-state index in [1.54, 1.807) is 19.1 Å². The molecule has 1 fully saturated rings. The topological polar surface area (TPSA) is 77.1 Å². The molecule has 1 aliphatic carbocycles. The Balaban J connectivity index is 1.81. The predicted molar refractivity (Wildman–Crippen MR) is 107 cm³/mol. The van der Waals surface area contributed by atoms with E-state index in [9.17, 15) is 18.4 Å². The van der Waals surface area contributed by atoms with Gasteiger partial charge < -0.3 is 11.2 Å². The van der Waals surface area contributed by atoms with Crippen LogP contribution in [0.25, 0.3) is 10.8 Å². The molecule has 3 aromatic rings. The maximum atomic E-state index is 14.3. The van der Waals surface area contributed by atoms with Gasteiger partial charge in [0.05, 0.1) is 22.7 Å². The lowest BCUT2D eigenvalue weighted by Crippen LogP contribution is -2.39. The Kier molecular flexibility index (Phi) is 4.82. The molecule has 4 rings (SSSR count). The highest BCUT2D eigenvalue weighted by atomic mass is 19.1. The first-order valence-electron chi connectivity index (χ1n) is 9.53. The van der Waals surface area contributed by atoms with Gasteiger partial charge in [-0.25, -0.2) is 13.5 Å². The molecule has 1 heterocycles. The van der Waals surface area contributed by atoms with Crippen molar-refractivity contribution >= 4 is 16.7 Å². The van der Waals surface area contributed by atoms with Crippen molar-refractivity contribution in [3.05, 3.63) is 81.3 Å². The van der Waals surface area contributed by atoms with Crippen molar-refractivity contribution in [3.8, 4) is 0 Å². The molecule has 0 saturated heterocycles. The van der Waals surface area contributed by atoms with E-state index < -0.39 is 17.3 Å². The summed E-state index contributed by atoms with van der Waals surface area (Å²) >= 11 is 0. The van der Waals surface area contributed by atoms with Gasteiger partial charge in [0.2, 0.25) is 0 Å². The Labute approximate surface area is 166 Å². The van der Waals surface area contributed by atoms with Gasteiger partial charge in [0.1, 0.15) is 11.6 Å². The lowest BCUT2D eigenvalue weighted by atomic mass is 9.77. The van der Waals surface area contributed by atoms with E-state index in [0.29, 0.717) is 5.56 Å². The van der Waals surface area contributed by atoms with Crippen LogP contribution < -0.4 is 16.7 Å². The molecule has 0 spiro atoms. The quantitative estimate of drug-likeness (QED) is 0.661. The van der Waals surface area contributed by atoms with Crippen molar-refractivity contribution in [1.29, 1.82) is 0 Å². The van der Waals surface area contributed by atoms with Crippen LogP contribution in [-0.2, 0) is 0 Å². The number of hydrogen-bond acceptors (Lipinski definition) is 3. The van der Waals surface area contributed by atoms with Gasteiger partial charge in [-0.2, -0.15) is 0 Å². The molecule has 0 radical (unpaired) electrons. The van der Waals surface area contributed by atoms with Gasteiger partial charge >= 0.3 is 0 Å². The van der Waals surface area contributed by atoms with Crippen LogP contribution in [0.15, 0.2) is 47.3 Å². The number of aromatic nitrogens is 1. The van der Waals surface area contributed by atoms with E-state index in [4.69, 9.17) is 5.84 Å². The molecule has 0 bridgehead atoms. The summed E-state index contributed by atoms with van der Waals surface area (Å²) < 4.78 is 28.9. The zero-order chi connectivity index (χ0) is 20.7. The summed E-state index contributed by atoms with van der Waals surface area (Å²) in [4.78, 5) is 25.7. The van der Waals surface area contributed by atoms with Crippen molar-refractivity contribution in [2.24, 2.45) is 5.92 Å². The van der Waals surface area contributed by atoms with Crippen LogP contribution >= 0.6 is 0 Å². The van der Waals surface area contributed by atoms with E-state index >= 15 is 0 Å². The van der Waals surface area contributed by atoms with Crippen LogP contribution in [0.4, 0.5) is 8.78 Å². The molecule has 3 N–H and O–H groups in total. The van der Waals surface area contributed by atoms with Crippen molar-refractivity contribution in [2.75, 3.05) is 5.84 Å². The van der Waals surface area contributed by atoms with Crippen LogP contribution in [0.5, 0.6) is 0 Å². The van der Waals surface area contributed by atoms with Gasteiger partial charge in [-0.1, -0.05) is 30.7 Å². The molecule has 0 aliphatic heterocycles. The van der Waals surface area contributed by atoms with Gasteiger partial charge in [-0.05, 0) is 49.4 Å². The number of nitrogens with two attached hydrogens (primary N) is 1. The number of nitrogen functional groups attached to an aromatic ring is 1. The number of pyridine rings is 1. The lowest BCUT2D eigenvalue weighted by molar-refractivity contribution is 0.0901. The van der Waals surface area contributed by atoms with Gasteiger partial charge in [0.25, 0.3) is 11.5 Å². The van der Waals surface area contributed by atoms with E-state index in [1.165, 1.54) is 24.3 Å². The highest BCUT2D eigenvalue weighted by Gasteiger charge is 2.31. The van der Waals surface area contributed by atoms with E-state index in [2.05, 4.69) is 5.32 Å². The number of hydrogen-bond donors (Lipinski definition) is 2. The minimum absolute atomic E-state index is 0.141. The standard InChI is InChI=1S/C22H21F2N3O2/c1-12-18(16-9-4-10-17(24)19(16)22(29)27(12)25)21(28)26-20(13-5-2-6-13)14-7-3-8-15(23)11-14/h3-4,7-11,13,20H,2,5-6,25H2,1H3,(H,26,28). The first-order valence-corrected chi connectivity index (χ1v) is 9.53. The molecule has 5 nitrogen and oxygen atoms in total. The summed E-state index contributed by atoms with van der Waals surface area (Å²) in [6.45, 7) is 1.54. The van der Waals surface area contributed by atoms with Gasteiger partial charge in [0.15, 0.2) is 0 Å². The summed E-state index contributed by atoms with van der Waals surface area (Å²) in [5.41, 5.74) is 0.351. The number of carbonyl (C=O) groups excluding carboxylic acids is 1. The molecular formula is C22H21F2N3O2. The van der Waals surface area contributed by atoms with Crippen LogP contribution in [-0.4, -0.2) is 10.6 Å². The number of fused-ring (bicyclic) bond motifs is 1. The number of rotatable bonds is 4. The highest BCUT2D eigenvalue weighted by molar-refractivity contribution is 6.08. The fourth-order valence-corrected chi connectivity index (χ4v) is 3.98. The average molecular weight is 397 g/mol. The van der Waals surface area contributed by atoms with Crippen LogP contribution in [0.2, 0.25) is 0 Å². The van der Waals surface area contributed by atoms with E-state index in [0.717, 1.165) is 30.0 Å². The largest absolute Gasteiger partial charge is 0.345 e. The third kappa shape index (κ3) is 3.26. The Morgan fingerprint density at radius 1 is 1.21 bits per heavy atom. The Hall–Kier alpha value is -3.22. The lowest BCUT2D eigenvalue weighted by Gasteiger charge is -2.35. The third-order valence-electron chi connectivity index (χ3n) is 5.78. The van der Waals surface area contributed by atoms with Crippen molar-refractivity contribution < 1.29 is 13.6 Å². The van der Waals surface area contributed by atoms with Crippen molar-refractivity contribution in [1.82, 2.24) is 9.99 Å². The monoisotopic (exact) mass is 397 g/mol. The number of benzene rings is 2. The van der Waals surface area contributed by atoms with Gasteiger partial charge in [0, 0.05) is 5.39 Å². The molecule has 29 heavy (non-hydrogen) atoms. The Morgan fingerprint density at radius 3 is 2.59 bits per heavy atom. The first kappa shape index (κ1) is 19.1. The molecule has 1 aromatic heterocycles. The summed E-state index contributed by atoms with van der Waals surface area (Å²) in [6.07, 6.45) is 2.89. The Bertz CT molecular complexity index is 1170. The van der Waals surface area contributed by atoms with Crippen LogP contribution in [0.1, 0.15) is 46.9 Å². The second-order valence-electron chi connectivity index (χ2n) is 7.50. The molecule has 7 heteroatoms. The Morgan fingerprint density at radius 2 is 1.93 bits per heavy atom. The van der Waals surface area contributed by atoms with Gasteiger partial charge in [-0.15, -0.1) is 0 Å². The SMILES string of the molecule is Cc1c(C(=O)NC(c2cccc(F)c2)C2CCC2)c2cccc(F)c2c(=O)n1N. The maximum Gasteiger partial charge on any atom is 0.279 e. The molecule has 150 valence electrons. The number of amides is 1. The minimum atomic E-state index is -0.735. The predicted octanol–water partition coefficient (Wildman–Crippen LogP) is 3.57. The van der Waals surface area contributed by atoms with E-state index in [1.807, 2.05) is 0 Å². The second kappa shape index (κ2) is 7.31. The number of nitrogens with zero attached hydrogens (tertiary/aromatic N) is 1. The number of nitrogens with one attached hydrogen (secondary N) is 1. The fourth-order valence-electron chi connectivity index (χ4n) is 3.98. The molecule has 1 atom stereocenters. The van der Waals surface area contributed by atoms with Crippen LogP contribution in [0.3, 0.4) is 0 Å². The number of halogens is 2. The molecule has 1 aliphatic rings. The summed E-state index contributed by atoms with van der Waals surface area (Å²) in [6, 6.07) is 9.91. The zero-order valence-electron chi connectivity index (χ0n) is 15.9. The molecule has 2 aromatic carbocycles. The maximum absolute atomic E-state index is 14.3. The first-order chi connectivity index (χ1) is 13.9. The number of carbonyl (C=O) groups is 1. The fraction of sp³-hybridized carbons (Fsp3) is 0.273.